The Balaban J connectivity index is 2.58. The van der Waals surface area contributed by atoms with Crippen LogP contribution >= 0.6 is 11.9 Å². The topological polar surface area (TPSA) is 108 Å². The number of nitrogens with one attached hydrogen (secondary N) is 2. The molecule has 0 saturated heterocycles. The van der Waals surface area contributed by atoms with Gasteiger partial charge in [0.15, 0.2) is 0 Å². The number of rotatable bonds is 10. The maximum atomic E-state index is 13.3. The monoisotopic (exact) mass is 360 g/mol. The van der Waals surface area contributed by atoms with Crippen molar-refractivity contribution < 1.29 is 19.2 Å². The molecule has 0 bridgehead atoms. The van der Waals surface area contributed by atoms with Gasteiger partial charge in [-0.15, -0.1) is 0 Å². The Hall–Kier alpha value is -1.91. The van der Waals surface area contributed by atoms with Crippen molar-refractivity contribution >= 4 is 23.7 Å². The Kier molecular flexibility index (Phi) is 8.44. The second-order valence-electron chi connectivity index (χ2n) is 5.49. The predicted octanol–water partition coefficient (Wildman–Crippen LogP) is 2.86. The first-order valence-corrected chi connectivity index (χ1v) is 8.19. The fourth-order valence-electron chi connectivity index (χ4n) is 1.89. The van der Waals surface area contributed by atoms with Crippen LogP contribution in [-0.2, 0) is 0 Å². The van der Waals surface area contributed by atoms with Crippen molar-refractivity contribution in [2.45, 2.75) is 25.2 Å². The Labute approximate surface area is 143 Å². The molecule has 0 aliphatic carbocycles. The van der Waals surface area contributed by atoms with Crippen LogP contribution in [0.2, 0.25) is 0 Å². The number of carboxylic acid groups (broad SMARTS) is 1. The molecule has 3 N–H and O–H groups in total. The van der Waals surface area contributed by atoms with Gasteiger partial charge in [0.2, 0.25) is 5.82 Å². The number of hydrogen-bond acceptors (Lipinski definition) is 6. The molecular formula is C14H21FN4O4S. The molecule has 1 amide bonds. The largest absolute Gasteiger partial charge is 0.465 e. The molecule has 0 unspecified atom stereocenters. The minimum absolute atomic E-state index is 0.332. The Bertz CT molecular complexity index is 574. The van der Waals surface area contributed by atoms with Gasteiger partial charge in [-0.05, 0) is 36.4 Å². The van der Waals surface area contributed by atoms with E-state index in [1.807, 2.05) is 18.9 Å². The van der Waals surface area contributed by atoms with Crippen molar-refractivity contribution in [2.75, 3.05) is 19.6 Å². The number of halogens is 1. The minimum Gasteiger partial charge on any atom is -0.465 e. The molecule has 0 heterocycles. The average Bonchev–Trinajstić information content (AvgIpc) is 2.49. The number of amides is 1. The molecule has 0 saturated carbocycles. The van der Waals surface area contributed by atoms with Crippen molar-refractivity contribution in [1.29, 1.82) is 0 Å². The summed E-state index contributed by atoms with van der Waals surface area (Å²) in [6.07, 6.45) is -0.456. The van der Waals surface area contributed by atoms with E-state index >= 15 is 0 Å². The van der Waals surface area contributed by atoms with Gasteiger partial charge in [-0.25, -0.2) is 9.80 Å². The van der Waals surface area contributed by atoms with Crippen LogP contribution in [0.3, 0.4) is 0 Å². The van der Waals surface area contributed by atoms with Gasteiger partial charge in [0.05, 0.1) is 4.92 Å². The lowest BCUT2D eigenvalue weighted by Gasteiger charge is -2.24. The number of nitro benzene ring substituents is 1. The average molecular weight is 360 g/mol. The van der Waals surface area contributed by atoms with Crippen LogP contribution in [0.1, 0.15) is 20.3 Å². The van der Waals surface area contributed by atoms with Crippen LogP contribution < -0.4 is 10.1 Å². The second kappa shape index (κ2) is 10.1. The molecule has 1 rings (SSSR count). The van der Waals surface area contributed by atoms with E-state index in [1.165, 1.54) is 12.1 Å². The molecule has 0 fully saturated rings. The van der Waals surface area contributed by atoms with Gasteiger partial charge in [-0.3, -0.25) is 10.1 Å². The van der Waals surface area contributed by atoms with Gasteiger partial charge in [0.1, 0.15) is 0 Å². The number of nitrogens with zero attached hydrogens (tertiary/aromatic N) is 2. The quantitative estimate of drug-likeness (QED) is 0.255. The SMILES string of the molecule is CC(C)CN(CCCNC(=O)O)NSc1ccc(F)c([N+](=O)[O-])c1. The van der Waals surface area contributed by atoms with E-state index in [4.69, 9.17) is 5.11 Å². The maximum absolute atomic E-state index is 13.3. The first-order valence-electron chi connectivity index (χ1n) is 7.37. The highest BCUT2D eigenvalue weighted by atomic mass is 32.2. The molecule has 8 nitrogen and oxygen atoms in total. The van der Waals surface area contributed by atoms with Crippen LogP contribution in [0.15, 0.2) is 23.1 Å². The van der Waals surface area contributed by atoms with Gasteiger partial charge < -0.3 is 10.4 Å². The van der Waals surface area contributed by atoms with Gasteiger partial charge in [0.25, 0.3) is 0 Å². The van der Waals surface area contributed by atoms with E-state index in [1.54, 1.807) is 0 Å². The Morgan fingerprint density at radius 3 is 2.79 bits per heavy atom. The number of nitro groups is 1. The van der Waals surface area contributed by atoms with Crippen molar-refractivity contribution in [3.63, 3.8) is 0 Å². The maximum Gasteiger partial charge on any atom is 0.404 e. The summed E-state index contributed by atoms with van der Waals surface area (Å²) >= 11 is 1.14. The smallest absolute Gasteiger partial charge is 0.404 e. The van der Waals surface area contributed by atoms with E-state index in [9.17, 15) is 19.3 Å². The summed E-state index contributed by atoms with van der Waals surface area (Å²) < 4.78 is 13.3. The molecule has 0 atom stereocenters. The van der Waals surface area contributed by atoms with E-state index in [0.29, 0.717) is 36.9 Å². The zero-order chi connectivity index (χ0) is 18.1. The van der Waals surface area contributed by atoms with Crippen molar-refractivity contribution in [3.05, 3.63) is 34.1 Å². The molecule has 0 radical (unpaired) electrons. The van der Waals surface area contributed by atoms with Crippen LogP contribution in [0.4, 0.5) is 14.9 Å². The summed E-state index contributed by atoms with van der Waals surface area (Å²) in [5.41, 5.74) is -0.567. The van der Waals surface area contributed by atoms with E-state index in [0.717, 1.165) is 18.0 Å². The molecule has 24 heavy (non-hydrogen) atoms. The lowest BCUT2D eigenvalue weighted by molar-refractivity contribution is -0.387. The third kappa shape index (κ3) is 7.57. The Morgan fingerprint density at radius 1 is 1.50 bits per heavy atom. The molecule has 0 spiro atoms. The fraction of sp³-hybridized carbons (Fsp3) is 0.500. The summed E-state index contributed by atoms with van der Waals surface area (Å²) in [5.74, 6) is -0.504. The highest BCUT2D eigenvalue weighted by Gasteiger charge is 2.15. The van der Waals surface area contributed by atoms with Crippen molar-refractivity contribution in [3.8, 4) is 0 Å². The molecule has 1 aromatic rings. The lowest BCUT2D eigenvalue weighted by Crippen LogP contribution is -2.38. The summed E-state index contributed by atoms with van der Waals surface area (Å²) in [6.45, 7) is 5.71. The van der Waals surface area contributed by atoms with Crippen molar-refractivity contribution in [2.24, 2.45) is 5.92 Å². The third-order valence-electron chi connectivity index (χ3n) is 2.87. The number of carbonyl (C=O) groups is 1. The Morgan fingerprint density at radius 2 is 2.21 bits per heavy atom. The van der Waals surface area contributed by atoms with Gasteiger partial charge in [-0.1, -0.05) is 13.8 Å². The molecule has 0 aromatic heterocycles. The normalized spacial score (nSPS) is 11.0. The van der Waals surface area contributed by atoms with E-state index < -0.39 is 22.5 Å². The molecule has 0 aliphatic rings. The predicted molar refractivity (Wildman–Crippen MR) is 89.1 cm³/mol. The van der Waals surface area contributed by atoms with Crippen LogP contribution in [0, 0.1) is 21.8 Å². The first kappa shape index (κ1) is 20.1. The van der Waals surface area contributed by atoms with Crippen LogP contribution in [-0.4, -0.2) is 40.8 Å². The lowest BCUT2D eigenvalue weighted by atomic mass is 10.2. The highest BCUT2D eigenvalue weighted by Crippen LogP contribution is 2.24. The van der Waals surface area contributed by atoms with Gasteiger partial charge in [0, 0.05) is 30.6 Å². The van der Waals surface area contributed by atoms with E-state index in [2.05, 4.69) is 10.1 Å². The van der Waals surface area contributed by atoms with Crippen LogP contribution in [0.5, 0.6) is 0 Å². The number of hydrazine groups is 1. The van der Waals surface area contributed by atoms with Crippen LogP contribution in [0.25, 0.3) is 0 Å². The van der Waals surface area contributed by atoms with Crippen molar-refractivity contribution in [1.82, 2.24) is 15.2 Å². The number of hydrogen-bond donors (Lipinski definition) is 3. The molecule has 1 aromatic carbocycles. The summed E-state index contributed by atoms with van der Waals surface area (Å²) in [5, 5.41) is 23.5. The molecule has 10 heteroatoms. The standard InChI is InChI=1S/C14H21FN4O4S/c1-10(2)9-18(7-3-6-16-14(20)21)17-24-11-4-5-12(15)13(8-11)19(22)23/h4-5,8,10,16-17H,3,6-7,9H2,1-2H3,(H,20,21). The third-order valence-corrected chi connectivity index (χ3v) is 3.71. The molecule has 0 aliphatic heterocycles. The molecule has 134 valence electrons. The zero-order valence-electron chi connectivity index (χ0n) is 13.5. The zero-order valence-corrected chi connectivity index (χ0v) is 14.3. The molecular weight excluding hydrogens is 339 g/mol. The van der Waals surface area contributed by atoms with Gasteiger partial charge >= 0.3 is 11.8 Å². The first-order chi connectivity index (χ1) is 11.3. The second-order valence-corrected chi connectivity index (χ2v) is 6.35. The summed E-state index contributed by atoms with van der Waals surface area (Å²) in [4.78, 5) is 24.0. The summed E-state index contributed by atoms with van der Waals surface area (Å²) in [7, 11) is 0. The van der Waals surface area contributed by atoms with E-state index in [-0.39, 0.29) is 0 Å². The number of benzene rings is 1. The fourth-order valence-corrected chi connectivity index (χ4v) is 2.60. The van der Waals surface area contributed by atoms with Gasteiger partial charge in [-0.2, -0.15) is 9.22 Å². The minimum atomic E-state index is -1.06. The summed E-state index contributed by atoms with van der Waals surface area (Å²) in [6, 6.07) is 3.69. The highest BCUT2D eigenvalue weighted by molar-refractivity contribution is 7.97.